The van der Waals surface area contributed by atoms with Crippen LogP contribution in [-0.4, -0.2) is 80.6 Å². The first kappa shape index (κ1) is 40.4. The summed E-state index contributed by atoms with van der Waals surface area (Å²) in [6.07, 6.45) is 6.32. The molecule has 2 aliphatic rings. The molecule has 1 saturated heterocycles. The van der Waals surface area contributed by atoms with Crippen molar-refractivity contribution in [3.63, 3.8) is 0 Å². The maximum Gasteiger partial charge on any atom is 0.414 e. The summed E-state index contributed by atoms with van der Waals surface area (Å²) in [5, 5.41) is 0.135. The average molecular weight is 677 g/mol. The molecule has 0 radical (unpaired) electrons. The number of anilines is 1. The predicted octanol–water partition coefficient (Wildman–Crippen LogP) is 6.80. The van der Waals surface area contributed by atoms with Gasteiger partial charge in [0.15, 0.2) is 22.8 Å². The maximum absolute atomic E-state index is 15.5. The van der Waals surface area contributed by atoms with Crippen molar-refractivity contribution in [1.29, 1.82) is 0 Å². The van der Waals surface area contributed by atoms with Gasteiger partial charge in [0.25, 0.3) is 0 Å². The number of ether oxygens (including phenoxy) is 3. The molecule has 4 rings (SSSR count). The molecular formula is C36H54F2N4O6. The summed E-state index contributed by atoms with van der Waals surface area (Å²) in [4.78, 5) is 40.5. The van der Waals surface area contributed by atoms with E-state index in [1.54, 1.807) is 32.0 Å². The van der Waals surface area contributed by atoms with Crippen molar-refractivity contribution in [1.82, 2.24) is 9.47 Å². The third-order valence-corrected chi connectivity index (χ3v) is 8.04. The Bertz CT molecular complexity index is 1510. The molecule has 1 amide bonds. The molecule has 268 valence electrons. The van der Waals surface area contributed by atoms with Crippen molar-refractivity contribution in [3.8, 4) is 5.75 Å². The zero-order chi connectivity index (χ0) is 36.1. The fraction of sp³-hybridized carbons (Fsp3) is 0.583. The summed E-state index contributed by atoms with van der Waals surface area (Å²) in [6, 6.07) is 1.08. The number of carbonyl (C=O) groups is 2. The zero-order valence-electron chi connectivity index (χ0n) is 30.0. The normalized spacial score (nSPS) is 18.4. The van der Waals surface area contributed by atoms with Crippen LogP contribution in [0, 0.1) is 11.7 Å². The van der Waals surface area contributed by atoms with E-state index in [1.807, 2.05) is 44.4 Å². The van der Waals surface area contributed by atoms with Crippen LogP contribution in [0.15, 0.2) is 41.0 Å². The highest BCUT2D eigenvalue weighted by atomic mass is 19.1. The maximum atomic E-state index is 15.5. The number of pyridine rings is 1. The minimum Gasteiger partial charge on any atom is -0.487 e. The van der Waals surface area contributed by atoms with Crippen LogP contribution < -0.4 is 20.8 Å². The lowest BCUT2D eigenvalue weighted by molar-refractivity contribution is 0.101. The van der Waals surface area contributed by atoms with E-state index in [9.17, 15) is 18.8 Å². The van der Waals surface area contributed by atoms with Crippen molar-refractivity contribution in [2.75, 3.05) is 51.9 Å². The van der Waals surface area contributed by atoms with Crippen molar-refractivity contribution >= 4 is 28.5 Å². The van der Waals surface area contributed by atoms with Crippen LogP contribution in [0.5, 0.6) is 5.75 Å². The smallest absolute Gasteiger partial charge is 0.414 e. The third kappa shape index (κ3) is 9.88. The van der Waals surface area contributed by atoms with Crippen LogP contribution in [0.4, 0.5) is 19.3 Å². The van der Waals surface area contributed by atoms with Crippen LogP contribution in [0.2, 0.25) is 0 Å². The third-order valence-electron chi connectivity index (χ3n) is 8.04. The molecule has 10 nitrogen and oxygen atoms in total. The highest BCUT2D eigenvalue weighted by Gasteiger charge is 2.31. The van der Waals surface area contributed by atoms with Gasteiger partial charge in [0.05, 0.1) is 35.7 Å². The van der Waals surface area contributed by atoms with Gasteiger partial charge in [0.2, 0.25) is 0 Å². The number of alkyl halides is 1. The van der Waals surface area contributed by atoms with Crippen molar-refractivity contribution in [3.05, 3.63) is 57.8 Å². The summed E-state index contributed by atoms with van der Waals surface area (Å²) in [7, 11) is 3.29. The van der Waals surface area contributed by atoms with Gasteiger partial charge in [0, 0.05) is 38.5 Å². The summed E-state index contributed by atoms with van der Waals surface area (Å²) in [5.74, 6) is -0.465. The highest BCUT2D eigenvalue weighted by molar-refractivity contribution is 6.00. The van der Waals surface area contributed by atoms with E-state index in [0.717, 1.165) is 0 Å². The first-order chi connectivity index (χ1) is 22.9. The summed E-state index contributed by atoms with van der Waals surface area (Å²) in [5.41, 5.74) is 5.40. The fourth-order valence-corrected chi connectivity index (χ4v) is 5.47. The molecule has 1 fully saturated rings. The van der Waals surface area contributed by atoms with Gasteiger partial charge in [-0.3, -0.25) is 14.5 Å². The number of ketones is 1. The number of amides is 1. The second kappa shape index (κ2) is 19.3. The van der Waals surface area contributed by atoms with Crippen molar-refractivity contribution < 1.29 is 32.6 Å². The SMILES string of the molecule is CC.CCC(F)/C=C(\C/C=C\COCC(C)CCN(C)c1c(F)cc2c(=O)c(C(C)=O)cn3c2c1OCC3C)N1CC(C)OC1=O.CN. The van der Waals surface area contributed by atoms with E-state index in [4.69, 9.17) is 14.2 Å². The minimum atomic E-state index is -1.14. The van der Waals surface area contributed by atoms with Gasteiger partial charge >= 0.3 is 6.09 Å². The molecule has 0 bridgehead atoms. The van der Waals surface area contributed by atoms with Gasteiger partial charge in [-0.15, -0.1) is 0 Å². The molecule has 1 aromatic heterocycles. The molecule has 4 atom stereocenters. The van der Waals surface area contributed by atoms with Gasteiger partial charge in [0.1, 0.15) is 24.6 Å². The fourth-order valence-electron chi connectivity index (χ4n) is 5.47. The molecule has 0 aliphatic carbocycles. The number of aromatic nitrogens is 1. The van der Waals surface area contributed by atoms with E-state index in [1.165, 1.54) is 31.0 Å². The largest absolute Gasteiger partial charge is 0.487 e. The predicted molar refractivity (Wildman–Crippen MR) is 187 cm³/mol. The van der Waals surface area contributed by atoms with Crippen LogP contribution in [0.1, 0.15) is 84.1 Å². The Labute approximate surface area is 283 Å². The molecule has 2 aromatic rings. The van der Waals surface area contributed by atoms with Crippen LogP contribution in [0.3, 0.4) is 0 Å². The Hall–Kier alpha value is -3.77. The van der Waals surface area contributed by atoms with E-state index >= 15 is 4.39 Å². The highest BCUT2D eigenvalue weighted by Crippen LogP contribution is 2.41. The number of Topliss-reactive ketones (excluding diaryl/α,β-unsaturated/α-hetero) is 1. The number of halogens is 2. The molecule has 0 spiro atoms. The van der Waals surface area contributed by atoms with Gasteiger partial charge in [-0.25, -0.2) is 13.6 Å². The Morgan fingerprint density at radius 2 is 1.92 bits per heavy atom. The zero-order valence-corrected chi connectivity index (χ0v) is 30.0. The van der Waals surface area contributed by atoms with Gasteiger partial charge in [-0.2, -0.15) is 0 Å². The van der Waals surface area contributed by atoms with Crippen molar-refractivity contribution in [2.24, 2.45) is 11.7 Å². The number of hydrogen-bond donors (Lipinski definition) is 1. The quantitative estimate of drug-likeness (QED) is 0.132. The number of hydrogen-bond acceptors (Lipinski definition) is 8. The Kier molecular flexibility index (Phi) is 16.2. The number of rotatable bonds is 14. The second-order valence-corrected chi connectivity index (χ2v) is 11.8. The Morgan fingerprint density at radius 3 is 2.52 bits per heavy atom. The molecule has 0 saturated carbocycles. The molecule has 3 heterocycles. The number of benzene rings is 1. The number of nitrogens with two attached hydrogens (primary N) is 1. The first-order valence-corrected chi connectivity index (χ1v) is 16.8. The number of cyclic esters (lactones) is 1. The molecule has 2 aliphatic heterocycles. The average Bonchev–Trinajstić information content (AvgIpc) is 3.41. The molecule has 1 aromatic carbocycles. The topological polar surface area (TPSA) is 116 Å². The lowest BCUT2D eigenvalue weighted by Gasteiger charge is -2.31. The number of carbonyl (C=O) groups excluding carboxylic acids is 2. The van der Waals surface area contributed by atoms with E-state index in [2.05, 4.69) is 5.73 Å². The monoisotopic (exact) mass is 676 g/mol. The standard InChI is InChI=1S/C33H43F2N3O6.C2H6.CH5N/c1-7-24(34)14-25(38-16-22(4)44-33(38)41)10-8-9-13-42-18-20(2)11-12-36(6)30-28(35)15-26-29-32(30)43-19-21(3)37(29)17-27(23(5)39)31(26)40;2*1-2/h8-9,14-15,17,20-22,24H,7,10-13,16,18-19H2,1-6H3;1-2H3;2H2,1H3/b9-8-,25-14+;;. The van der Waals surface area contributed by atoms with Crippen molar-refractivity contribution in [2.45, 2.75) is 86.0 Å². The molecule has 2 N–H and O–H groups in total. The summed E-state index contributed by atoms with van der Waals surface area (Å²) < 4.78 is 48.4. The molecular weight excluding hydrogens is 622 g/mol. The van der Waals surface area contributed by atoms with Crippen LogP contribution in [-0.2, 0) is 9.47 Å². The second-order valence-electron chi connectivity index (χ2n) is 11.8. The minimum absolute atomic E-state index is 0.0362. The molecule has 48 heavy (non-hydrogen) atoms. The first-order valence-electron chi connectivity index (χ1n) is 16.8. The van der Waals surface area contributed by atoms with E-state index in [0.29, 0.717) is 62.5 Å². The summed E-state index contributed by atoms with van der Waals surface area (Å²) in [6.45, 7) is 14.9. The van der Waals surface area contributed by atoms with E-state index in [-0.39, 0.29) is 47.1 Å². The van der Waals surface area contributed by atoms with Gasteiger partial charge in [-0.1, -0.05) is 39.8 Å². The van der Waals surface area contributed by atoms with Gasteiger partial charge < -0.3 is 29.4 Å². The van der Waals surface area contributed by atoms with E-state index < -0.39 is 23.5 Å². The lowest BCUT2D eigenvalue weighted by atomic mass is 10.0. The molecule has 12 heteroatoms. The van der Waals surface area contributed by atoms with Crippen LogP contribution in [0.25, 0.3) is 10.9 Å². The number of nitrogens with zero attached hydrogens (tertiary/aromatic N) is 3. The lowest BCUT2D eigenvalue weighted by Crippen LogP contribution is -2.29. The Morgan fingerprint density at radius 1 is 1.23 bits per heavy atom. The summed E-state index contributed by atoms with van der Waals surface area (Å²) >= 11 is 0. The van der Waals surface area contributed by atoms with Crippen LogP contribution >= 0.6 is 0 Å². The molecule has 4 unspecified atom stereocenters. The van der Waals surface area contributed by atoms with Gasteiger partial charge in [-0.05, 0) is 58.7 Å². The Balaban J connectivity index is 0.00000193. The number of allylic oxidation sites excluding steroid dienone is 2.